The number of hydrogen-bond acceptors (Lipinski definition) is 7. The molecule has 0 spiro atoms. The molecule has 0 saturated heterocycles. The van der Waals surface area contributed by atoms with Gasteiger partial charge >= 0.3 is 0 Å². The van der Waals surface area contributed by atoms with Crippen molar-refractivity contribution in [2.75, 3.05) is 10.8 Å². The Kier molecular flexibility index (Phi) is 9.39. The normalized spacial score (nSPS) is 12.4. The molecule has 1 aromatic heterocycles. The Morgan fingerprint density at radius 2 is 1.90 bits per heavy atom. The van der Waals surface area contributed by atoms with Gasteiger partial charge in [-0.2, -0.15) is 0 Å². The van der Waals surface area contributed by atoms with Gasteiger partial charge in [-0.25, -0.2) is 9.97 Å². The second kappa shape index (κ2) is 11.0. The Hall–Kier alpha value is -2.51. The highest BCUT2D eigenvalue weighted by atomic mass is 16.7. The number of nitrogens with zero attached hydrogens (tertiary/aromatic N) is 2. The summed E-state index contributed by atoms with van der Waals surface area (Å²) in [5, 5.41) is 21.2. The third-order valence-electron chi connectivity index (χ3n) is 5.02. The van der Waals surface area contributed by atoms with Crippen molar-refractivity contribution in [1.82, 2.24) is 9.97 Å². The molecule has 0 amide bonds. The molecule has 0 radical (unpaired) electrons. The topological polar surface area (TPSA) is 103 Å². The van der Waals surface area contributed by atoms with E-state index in [4.69, 9.17) is 10.2 Å². The van der Waals surface area contributed by atoms with E-state index in [1.807, 2.05) is 39.0 Å². The first-order valence-electron chi connectivity index (χ1n) is 10.3. The SMILES string of the molecule is C/C=C(\C=N)Nc1ncc2cc(NOC(C)(C)C(C)(C)O)ccc2n1.CCC(C)C. The predicted octanol–water partition coefficient (Wildman–Crippen LogP) is 5.54. The predicted molar refractivity (Wildman–Crippen MR) is 126 cm³/mol. The van der Waals surface area contributed by atoms with Crippen LogP contribution >= 0.6 is 0 Å². The smallest absolute Gasteiger partial charge is 0.227 e. The van der Waals surface area contributed by atoms with Crippen LogP contribution in [-0.2, 0) is 4.84 Å². The highest BCUT2D eigenvalue weighted by molar-refractivity contribution is 5.84. The average Bonchev–Trinajstić information content (AvgIpc) is 2.69. The summed E-state index contributed by atoms with van der Waals surface area (Å²) in [5.41, 5.74) is 3.23. The first-order chi connectivity index (χ1) is 13.9. The van der Waals surface area contributed by atoms with E-state index in [1.54, 1.807) is 26.1 Å². The van der Waals surface area contributed by atoms with Gasteiger partial charge in [0.25, 0.3) is 0 Å². The quantitative estimate of drug-likeness (QED) is 0.333. The van der Waals surface area contributed by atoms with Gasteiger partial charge < -0.3 is 15.8 Å². The van der Waals surface area contributed by atoms with Crippen LogP contribution in [0.4, 0.5) is 11.6 Å². The van der Waals surface area contributed by atoms with Gasteiger partial charge in [-0.15, -0.1) is 0 Å². The van der Waals surface area contributed by atoms with Crippen LogP contribution in [0.5, 0.6) is 0 Å². The van der Waals surface area contributed by atoms with E-state index in [0.717, 1.165) is 22.5 Å². The third-order valence-corrected chi connectivity index (χ3v) is 5.02. The molecule has 7 heteroatoms. The zero-order chi connectivity index (χ0) is 22.9. The van der Waals surface area contributed by atoms with Gasteiger partial charge in [0.05, 0.1) is 22.5 Å². The van der Waals surface area contributed by atoms with E-state index in [1.165, 1.54) is 12.6 Å². The molecule has 0 aliphatic heterocycles. The number of aliphatic hydroxyl groups is 1. The summed E-state index contributed by atoms with van der Waals surface area (Å²) < 4.78 is 0. The maximum atomic E-state index is 10.1. The molecule has 1 aromatic carbocycles. The van der Waals surface area contributed by atoms with Crippen molar-refractivity contribution in [2.45, 2.75) is 73.0 Å². The minimum absolute atomic E-state index is 0.434. The Morgan fingerprint density at radius 3 is 2.40 bits per heavy atom. The summed E-state index contributed by atoms with van der Waals surface area (Å²) in [7, 11) is 0. The standard InChI is InChI=1S/C18H25N5O2.C5H12/c1-6-13(10-19)21-16-20-11-12-9-14(7-8-15(12)22-16)23-25-18(4,5)17(2,3)24;1-4-5(2)3/h6-11,19,23-24H,1-5H3,(H,20,21,22);5H,4H2,1-3H3/b13-6+,19-10?;. The summed E-state index contributed by atoms with van der Waals surface area (Å²) >= 11 is 0. The van der Waals surface area contributed by atoms with Crippen molar-refractivity contribution in [3.63, 3.8) is 0 Å². The molecule has 166 valence electrons. The molecule has 0 saturated carbocycles. The number of hydrogen-bond donors (Lipinski definition) is 4. The lowest BCUT2D eigenvalue weighted by Crippen LogP contribution is -2.48. The van der Waals surface area contributed by atoms with Crippen LogP contribution in [0, 0.1) is 11.3 Å². The maximum absolute atomic E-state index is 10.1. The van der Waals surface area contributed by atoms with Gasteiger partial charge in [-0.3, -0.25) is 10.3 Å². The molecule has 7 nitrogen and oxygen atoms in total. The van der Waals surface area contributed by atoms with E-state index < -0.39 is 11.2 Å². The Labute approximate surface area is 180 Å². The molecule has 0 aliphatic rings. The molecule has 4 N–H and O–H groups in total. The summed E-state index contributed by atoms with van der Waals surface area (Å²) in [4.78, 5) is 14.3. The van der Waals surface area contributed by atoms with Crippen LogP contribution in [0.2, 0.25) is 0 Å². The van der Waals surface area contributed by atoms with Crippen LogP contribution in [0.15, 0.2) is 36.2 Å². The number of rotatable bonds is 8. The Morgan fingerprint density at radius 1 is 1.27 bits per heavy atom. The summed E-state index contributed by atoms with van der Waals surface area (Å²) in [5.74, 6) is 1.32. The zero-order valence-corrected chi connectivity index (χ0v) is 19.5. The molecule has 0 atom stereocenters. The van der Waals surface area contributed by atoms with Gasteiger partial charge in [0.2, 0.25) is 5.95 Å². The van der Waals surface area contributed by atoms with Crippen molar-refractivity contribution >= 4 is 28.8 Å². The molecular formula is C23H37N5O2. The van der Waals surface area contributed by atoms with Crippen LogP contribution < -0.4 is 10.8 Å². The summed E-state index contributed by atoms with van der Waals surface area (Å²) in [6.07, 6.45) is 5.99. The van der Waals surface area contributed by atoms with Crippen LogP contribution in [0.3, 0.4) is 0 Å². The van der Waals surface area contributed by atoms with E-state index >= 15 is 0 Å². The summed E-state index contributed by atoms with van der Waals surface area (Å²) in [6.45, 7) is 15.5. The van der Waals surface area contributed by atoms with Gasteiger partial charge in [0.15, 0.2) is 0 Å². The van der Waals surface area contributed by atoms with Gasteiger partial charge in [0, 0.05) is 17.8 Å². The highest BCUT2D eigenvalue weighted by Gasteiger charge is 2.37. The van der Waals surface area contributed by atoms with E-state index in [0.29, 0.717) is 11.6 Å². The fourth-order valence-corrected chi connectivity index (χ4v) is 1.79. The minimum Gasteiger partial charge on any atom is -0.387 e. The number of anilines is 2. The molecule has 0 bridgehead atoms. The van der Waals surface area contributed by atoms with E-state index in [9.17, 15) is 5.11 Å². The fraction of sp³-hybridized carbons (Fsp3) is 0.522. The largest absolute Gasteiger partial charge is 0.387 e. The summed E-state index contributed by atoms with van der Waals surface area (Å²) in [6, 6.07) is 5.56. The Balaban J connectivity index is 0.000000804. The zero-order valence-electron chi connectivity index (χ0n) is 19.5. The average molecular weight is 416 g/mol. The lowest BCUT2D eigenvalue weighted by atomic mass is 9.90. The van der Waals surface area contributed by atoms with Gasteiger partial charge in [0.1, 0.15) is 5.60 Å². The molecule has 1 heterocycles. The number of fused-ring (bicyclic) bond motifs is 1. The van der Waals surface area contributed by atoms with Crippen LogP contribution in [0.25, 0.3) is 10.9 Å². The second-order valence-corrected chi connectivity index (χ2v) is 8.56. The molecule has 2 aromatic rings. The van der Waals surface area contributed by atoms with E-state index in [-0.39, 0.29) is 0 Å². The lowest BCUT2D eigenvalue weighted by molar-refractivity contribution is -0.130. The molecule has 0 unspecified atom stereocenters. The van der Waals surface area contributed by atoms with Crippen LogP contribution in [0.1, 0.15) is 61.8 Å². The number of benzene rings is 1. The highest BCUT2D eigenvalue weighted by Crippen LogP contribution is 2.26. The van der Waals surface area contributed by atoms with Crippen molar-refractivity contribution in [3.05, 3.63) is 36.2 Å². The minimum atomic E-state index is -1.00. The van der Waals surface area contributed by atoms with Crippen molar-refractivity contribution < 1.29 is 9.94 Å². The second-order valence-electron chi connectivity index (χ2n) is 8.56. The van der Waals surface area contributed by atoms with E-state index in [2.05, 4.69) is 41.5 Å². The third kappa shape index (κ3) is 7.72. The first-order valence-corrected chi connectivity index (χ1v) is 10.3. The Bertz CT molecular complexity index is 854. The van der Waals surface area contributed by atoms with Crippen molar-refractivity contribution in [3.8, 4) is 0 Å². The van der Waals surface area contributed by atoms with Crippen molar-refractivity contribution in [2.24, 2.45) is 5.92 Å². The number of nitrogens with one attached hydrogen (secondary N) is 3. The van der Waals surface area contributed by atoms with Crippen LogP contribution in [-0.4, -0.2) is 32.5 Å². The monoisotopic (exact) mass is 415 g/mol. The van der Waals surface area contributed by atoms with Gasteiger partial charge in [-0.1, -0.05) is 33.3 Å². The van der Waals surface area contributed by atoms with Gasteiger partial charge in [-0.05, 0) is 58.7 Å². The molecule has 0 fully saturated rings. The molecule has 0 aliphatic carbocycles. The fourth-order valence-electron chi connectivity index (χ4n) is 1.79. The van der Waals surface area contributed by atoms with Crippen molar-refractivity contribution in [1.29, 1.82) is 5.41 Å². The maximum Gasteiger partial charge on any atom is 0.227 e. The number of aromatic nitrogens is 2. The molecule has 2 rings (SSSR count). The number of allylic oxidation sites excluding steroid dienone is 2. The first kappa shape index (κ1) is 25.5. The molecular weight excluding hydrogens is 378 g/mol. The molecule has 30 heavy (non-hydrogen) atoms. The lowest BCUT2D eigenvalue weighted by Gasteiger charge is -2.36.